The third-order valence-electron chi connectivity index (χ3n) is 10.4. The first-order valence-electron chi connectivity index (χ1n) is 15.7. The van der Waals surface area contributed by atoms with E-state index in [9.17, 15) is 9.90 Å². The van der Waals surface area contributed by atoms with Gasteiger partial charge in [0.1, 0.15) is 6.10 Å². The molecule has 2 bridgehead atoms. The molecular weight excluding hydrogens is 474 g/mol. The molecule has 1 N–H and O–H groups in total. The van der Waals surface area contributed by atoms with Crippen molar-refractivity contribution in [3.8, 4) is 11.5 Å². The summed E-state index contributed by atoms with van der Waals surface area (Å²) < 4.78 is 12.6. The van der Waals surface area contributed by atoms with Crippen molar-refractivity contribution in [2.24, 2.45) is 5.92 Å². The van der Waals surface area contributed by atoms with Gasteiger partial charge in [0.25, 0.3) is 0 Å². The molecule has 0 radical (unpaired) electrons. The van der Waals surface area contributed by atoms with E-state index >= 15 is 0 Å². The van der Waals surface area contributed by atoms with Gasteiger partial charge in [-0.05, 0) is 74.6 Å². The lowest BCUT2D eigenvalue weighted by molar-refractivity contribution is -0.174. The highest BCUT2D eigenvalue weighted by molar-refractivity contribution is 5.75. The Morgan fingerprint density at radius 2 is 1.84 bits per heavy atom. The number of aliphatic hydroxyl groups is 1. The molecule has 1 aromatic carbocycles. The second-order valence-electron chi connectivity index (χ2n) is 12.9. The number of carbonyl (C=O) groups excluding carboxylic acids is 1. The summed E-state index contributed by atoms with van der Waals surface area (Å²) in [5.41, 5.74) is 2.13. The largest absolute Gasteiger partial charge is 0.481 e. The summed E-state index contributed by atoms with van der Waals surface area (Å²) in [5.74, 6) is 1.85. The van der Waals surface area contributed by atoms with Crippen LogP contribution in [0.1, 0.15) is 114 Å². The lowest BCUT2D eigenvalue weighted by Crippen LogP contribution is -2.75. The van der Waals surface area contributed by atoms with E-state index < -0.39 is 11.0 Å². The minimum atomic E-state index is -0.830. The summed E-state index contributed by atoms with van der Waals surface area (Å²) in [7, 11) is 0. The molecule has 0 aromatic heterocycles. The molecule has 208 valence electrons. The molecule has 6 rings (SSSR count). The van der Waals surface area contributed by atoms with E-state index in [0.717, 1.165) is 68.7 Å². The van der Waals surface area contributed by atoms with E-state index in [0.29, 0.717) is 17.9 Å². The number of unbranched alkanes of at least 4 members (excludes halogenated alkanes) is 8. The smallest absolute Gasteiger partial charge is 0.311 e. The van der Waals surface area contributed by atoms with Gasteiger partial charge >= 0.3 is 5.97 Å². The number of likely N-dealkylation sites (tertiary alicyclic amines) is 1. The Bertz CT molecular complexity index is 1060. The van der Waals surface area contributed by atoms with Gasteiger partial charge in [0.05, 0.1) is 11.0 Å². The minimum Gasteiger partial charge on any atom is -0.481 e. The van der Waals surface area contributed by atoms with Gasteiger partial charge in [0, 0.05) is 24.6 Å². The normalized spacial score (nSPS) is 31.2. The Kier molecular flexibility index (Phi) is 7.37. The van der Waals surface area contributed by atoms with Crippen LogP contribution in [-0.4, -0.2) is 46.8 Å². The number of piperidine rings is 1. The Hall–Kier alpha value is -1.85. The summed E-state index contributed by atoms with van der Waals surface area (Å²) in [6.07, 6.45) is 17.1. The summed E-state index contributed by atoms with van der Waals surface area (Å²) in [6, 6.07) is 4.19. The number of benzene rings is 1. The van der Waals surface area contributed by atoms with E-state index in [-0.39, 0.29) is 18.1 Å². The minimum absolute atomic E-state index is 0.120. The molecular formula is C33H47NO4. The van der Waals surface area contributed by atoms with Crippen LogP contribution in [-0.2, 0) is 16.6 Å². The van der Waals surface area contributed by atoms with Crippen molar-refractivity contribution in [1.82, 2.24) is 4.90 Å². The predicted molar refractivity (Wildman–Crippen MR) is 150 cm³/mol. The molecule has 2 heterocycles. The lowest BCUT2D eigenvalue weighted by atomic mass is 9.48. The molecule has 1 aromatic rings. The Balaban J connectivity index is 1.15. The Labute approximate surface area is 229 Å². The van der Waals surface area contributed by atoms with E-state index in [1.807, 2.05) is 6.07 Å². The van der Waals surface area contributed by atoms with Crippen LogP contribution < -0.4 is 9.47 Å². The van der Waals surface area contributed by atoms with Crippen molar-refractivity contribution in [1.29, 1.82) is 0 Å². The van der Waals surface area contributed by atoms with Gasteiger partial charge in [-0.15, -0.1) is 0 Å². The molecule has 2 aliphatic heterocycles. The van der Waals surface area contributed by atoms with Gasteiger partial charge in [-0.3, -0.25) is 9.69 Å². The van der Waals surface area contributed by atoms with Gasteiger partial charge in [-0.1, -0.05) is 70.9 Å². The highest BCUT2D eigenvalue weighted by atomic mass is 16.6. The first-order valence-corrected chi connectivity index (χ1v) is 15.7. The number of hydrogen-bond acceptors (Lipinski definition) is 5. The summed E-state index contributed by atoms with van der Waals surface area (Å²) >= 11 is 0. The molecule has 5 nitrogen and oxygen atoms in total. The van der Waals surface area contributed by atoms with Crippen molar-refractivity contribution in [3.05, 3.63) is 35.4 Å². The quantitative estimate of drug-likeness (QED) is 0.137. The number of ether oxygens (including phenoxy) is 2. The lowest BCUT2D eigenvalue weighted by Gasteiger charge is -2.63. The second-order valence-corrected chi connectivity index (χ2v) is 12.9. The third-order valence-corrected chi connectivity index (χ3v) is 10.4. The fourth-order valence-electron chi connectivity index (χ4n) is 8.22. The van der Waals surface area contributed by atoms with Crippen LogP contribution in [0.15, 0.2) is 24.3 Å². The SMILES string of the molecule is C=C1CC[C@@]2(O)[C@H]3Cc4ccc(OC(=O)CCCCCCCCCCC)c5c4[C@@]2(CCN3CC2CC2)[C@H]1O5. The highest BCUT2D eigenvalue weighted by Gasteiger charge is 2.72. The fraction of sp³-hybridized carbons (Fsp3) is 0.727. The predicted octanol–water partition coefficient (Wildman–Crippen LogP) is 6.63. The van der Waals surface area contributed by atoms with E-state index in [1.54, 1.807) is 0 Å². The maximum Gasteiger partial charge on any atom is 0.311 e. The van der Waals surface area contributed by atoms with E-state index in [2.05, 4.69) is 24.5 Å². The maximum atomic E-state index is 12.8. The first-order chi connectivity index (χ1) is 18.5. The topological polar surface area (TPSA) is 59.0 Å². The van der Waals surface area contributed by atoms with Crippen LogP contribution >= 0.6 is 0 Å². The summed E-state index contributed by atoms with van der Waals surface area (Å²) in [6.45, 7) is 8.74. The van der Waals surface area contributed by atoms with E-state index in [1.165, 1.54) is 63.4 Å². The van der Waals surface area contributed by atoms with Crippen LogP contribution in [0.4, 0.5) is 0 Å². The zero-order chi connectivity index (χ0) is 26.3. The summed E-state index contributed by atoms with van der Waals surface area (Å²) in [5, 5.41) is 12.5. The molecule has 2 saturated carbocycles. The highest BCUT2D eigenvalue weighted by Crippen LogP contribution is 2.66. The van der Waals surface area contributed by atoms with Gasteiger partial charge < -0.3 is 14.6 Å². The van der Waals surface area contributed by atoms with Crippen LogP contribution in [0.5, 0.6) is 11.5 Å². The molecule has 3 aliphatic carbocycles. The number of carbonyl (C=O) groups is 1. The molecule has 1 spiro atoms. The molecule has 38 heavy (non-hydrogen) atoms. The zero-order valence-corrected chi connectivity index (χ0v) is 23.4. The van der Waals surface area contributed by atoms with Crippen LogP contribution in [0.25, 0.3) is 0 Å². The molecule has 3 fully saturated rings. The molecule has 1 saturated heterocycles. The monoisotopic (exact) mass is 521 g/mol. The average Bonchev–Trinajstić information content (AvgIpc) is 3.64. The van der Waals surface area contributed by atoms with Crippen LogP contribution in [0, 0.1) is 5.92 Å². The Morgan fingerprint density at radius 1 is 1.11 bits per heavy atom. The Morgan fingerprint density at radius 3 is 2.58 bits per heavy atom. The summed E-state index contributed by atoms with van der Waals surface area (Å²) in [4.78, 5) is 15.4. The number of nitrogens with zero attached hydrogens (tertiary/aromatic N) is 1. The van der Waals surface area contributed by atoms with Crippen molar-refractivity contribution in [3.63, 3.8) is 0 Å². The maximum absolute atomic E-state index is 12.8. The van der Waals surface area contributed by atoms with Crippen LogP contribution in [0.2, 0.25) is 0 Å². The first kappa shape index (κ1) is 26.4. The van der Waals surface area contributed by atoms with Gasteiger partial charge in [-0.25, -0.2) is 0 Å². The molecule has 5 heteroatoms. The fourth-order valence-corrected chi connectivity index (χ4v) is 8.22. The van der Waals surface area contributed by atoms with Crippen molar-refractivity contribution < 1.29 is 19.4 Å². The molecule has 0 amide bonds. The van der Waals surface area contributed by atoms with Crippen LogP contribution in [0.3, 0.4) is 0 Å². The van der Waals surface area contributed by atoms with Crippen molar-refractivity contribution in [2.75, 3.05) is 13.1 Å². The average molecular weight is 522 g/mol. The number of rotatable bonds is 13. The standard InChI is InChI=1S/C33H47NO4/c1-3-4-5-6-7-8-9-10-11-12-28(35)37-26-16-15-25-21-27-33(36)18-17-23(2)31-32(33,29(25)30(26)38-31)19-20-34(27)22-24-13-14-24/h15-16,24,27,31,36H,2-14,17-22H2,1H3/t27-,31+,32+,33-/m1/s1. The number of esters is 1. The molecule has 4 atom stereocenters. The van der Waals surface area contributed by atoms with Gasteiger partial charge in [0.15, 0.2) is 11.5 Å². The van der Waals surface area contributed by atoms with Crippen molar-refractivity contribution in [2.45, 2.75) is 133 Å². The molecule has 5 aliphatic rings. The van der Waals surface area contributed by atoms with Gasteiger partial charge in [0.2, 0.25) is 0 Å². The third kappa shape index (κ3) is 4.42. The van der Waals surface area contributed by atoms with Gasteiger partial charge in [-0.2, -0.15) is 0 Å². The number of hydrogen-bond donors (Lipinski definition) is 1. The molecule has 0 unspecified atom stereocenters. The van der Waals surface area contributed by atoms with Crippen molar-refractivity contribution >= 4 is 5.97 Å². The zero-order valence-electron chi connectivity index (χ0n) is 23.4. The second kappa shape index (κ2) is 10.6. The van der Waals surface area contributed by atoms with E-state index in [4.69, 9.17) is 9.47 Å².